The minimum Gasteiger partial charge on any atom is -0.496 e. The third-order valence-electron chi connectivity index (χ3n) is 4.26. The lowest BCUT2D eigenvalue weighted by Crippen LogP contribution is -2.60. The van der Waals surface area contributed by atoms with Crippen molar-refractivity contribution < 1.29 is 4.74 Å². The lowest BCUT2D eigenvalue weighted by Gasteiger charge is -2.41. The largest absolute Gasteiger partial charge is 0.496 e. The van der Waals surface area contributed by atoms with Crippen LogP contribution in [0.4, 0.5) is 0 Å². The number of methoxy groups -OCH3 is 1. The molecule has 0 amide bonds. The van der Waals surface area contributed by atoms with E-state index in [4.69, 9.17) is 22.2 Å². The SMILES string of the molecule is COc1ccc(Cl)cc1CC(NN)C1CN(C)CCN1C. The van der Waals surface area contributed by atoms with Crippen LogP contribution in [0.15, 0.2) is 18.2 Å². The summed E-state index contributed by atoms with van der Waals surface area (Å²) >= 11 is 6.11. The fraction of sp³-hybridized carbons (Fsp3) is 0.600. The van der Waals surface area contributed by atoms with Crippen molar-refractivity contribution in [2.24, 2.45) is 5.84 Å². The number of benzene rings is 1. The standard InChI is InChI=1S/C15H25ClN4O/c1-19-6-7-20(2)14(10-19)13(18-17)9-11-8-12(16)4-5-15(11)21-3/h4-5,8,13-14,18H,6-7,9-10,17H2,1-3H3. The minimum absolute atomic E-state index is 0.144. The molecule has 1 aliphatic rings. The smallest absolute Gasteiger partial charge is 0.122 e. The molecule has 1 aromatic rings. The first-order chi connectivity index (χ1) is 10.0. The van der Waals surface area contributed by atoms with Crippen molar-refractivity contribution >= 4 is 11.6 Å². The Morgan fingerprint density at radius 3 is 2.86 bits per heavy atom. The molecule has 0 spiro atoms. The second-order valence-corrected chi connectivity index (χ2v) is 6.18. The van der Waals surface area contributed by atoms with Crippen molar-refractivity contribution in [2.45, 2.75) is 18.5 Å². The zero-order chi connectivity index (χ0) is 15.4. The molecular weight excluding hydrogens is 288 g/mol. The van der Waals surface area contributed by atoms with Crippen LogP contribution >= 0.6 is 11.6 Å². The fourth-order valence-corrected chi connectivity index (χ4v) is 3.12. The Morgan fingerprint density at radius 2 is 2.19 bits per heavy atom. The number of nitrogens with zero attached hydrogens (tertiary/aromatic N) is 2. The quantitative estimate of drug-likeness (QED) is 0.627. The maximum Gasteiger partial charge on any atom is 0.122 e. The highest BCUT2D eigenvalue weighted by Gasteiger charge is 2.29. The summed E-state index contributed by atoms with van der Waals surface area (Å²) < 4.78 is 5.43. The highest BCUT2D eigenvalue weighted by atomic mass is 35.5. The molecule has 1 saturated heterocycles. The number of likely N-dealkylation sites (N-methyl/N-ethyl adjacent to an activating group) is 2. The lowest BCUT2D eigenvalue weighted by atomic mass is 9.96. The van der Waals surface area contributed by atoms with E-state index in [2.05, 4.69) is 29.3 Å². The molecular formula is C15H25ClN4O. The molecule has 0 bridgehead atoms. The molecule has 1 aromatic carbocycles. The van der Waals surface area contributed by atoms with Crippen LogP contribution in [0.3, 0.4) is 0 Å². The summed E-state index contributed by atoms with van der Waals surface area (Å²) in [6.45, 7) is 3.13. The Kier molecular flexibility index (Phi) is 5.84. The Balaban J connectivity index is 2.16. The van der Waals surface area contributed by atoms with Gasteiger partial charge in [0.25, 0.3) is 0 Å². The van der Waals surface area contributed by atoms with E-state index in [0.717, 1.165) is 42.4 Å². The highest BCUT2D eigenvalue weighted by Crippen LogP contribution is 2.25. The van der Waals surface area contributed by atoms with Gasteiger partial charge in [-0.25, -0.2) is 0 Å². The summed E-state index contributed by atoms with van der Waals surface area (Å²) in [7, 11) is 5.98. The zero-order valence-electron chi connectivity index (χ0n) is 13.0. The molecule has 118 valence electrons. The van der Waals surface area contributed by atoms with Crippen LogP contribution in [0.5, 0.6) is 5.75 Å². The summed E-state index contributed by atoms with van der Waals surface area (Å²) in [5.74, 6) is 6.67. The van der Waals surface area contributed by atoms with E-state index in [0.29, 0.717) is 6.04 Å². The molecule has 3 N–H and O–H groups in total. The fourth-order valence-electron chi connectivity index (χ4n) is 2.93. The van der Waals surface area contributed by atoms with Gasteiger partial charge in [-0.2, -0.15) is 0 Å². The maximum atomic E-state index is 6.11. The number of halogens is 1. The molecule has 1 fully saturated rings. The number of piperazine rings is 1. The summed E-state index contributed by atoms with van der Waals surface area (Å²) in [6, 6.07) is 6.21. The van der Waals surface area contributed by atoms with Gasteiger partial charge in [-0.1, -0.05) is 11.6 Å². The monoisotopic (exact) mass is 312 g/mol. The zero-order valence-corrected chi connectivity index (χ0v) is 13.7. The molecule has 0 aliphatic carbocycles. The second-order valence-electron chi connectivity index (χ2n) is 5.74. The molecule has 5 nitrogen and oxygen atoms in total. The van der Waals surface area contributed by atoms with Crippen LogP contribution in [-0.2, 0) is 6.42 Å². The first-order valence-corrected chi connectivity index (χ1v) is 7.60. The van der Waals surface area contributed by atoms with Crippen molar-refractivity contribution in [3.05, 3.63) is 28.8 Å². The van der Waals surface area contributed by atoms with Gasteiger partial charge in [-0.15, -0.1) is 0 Å². The van der Waals surface area contributed by atoms with E-state index in [1.165, 1.54) is 0 Å². The van der Waals surface area contributed by atoms with E-state index in [-0.39, 0.29) is 6.04 Å². The lowest BCUT2D eigenvalue weighted by molar-refractivity contribution is 0.0875. The Bertz CT molecular complexity index is 471. The normalized spacial score (nSPS) is 22.2. The van der Waals surface area contributed by atoms with E-state index < -0.39 is 0 Å². The molecule has 2 rings (SSSR count). The van der Waals surface area contributed by atoms with Gasteiger partial charge in [0.2, 0.25) is 0 Å². The third-order valence-corrected chi connectivity index (χ3v) is 4.50. The number of hydrogen-bond acceptors (Lipinski definition) is 5. The van der Waals surface area contributed by atoms with E-state index in [1.807, 2.05) is 18.2 Å². The van der Waals surface area contributed by atoms with Gasteiger partial charge in [-0.3, -0.25) is 16.2 Å². The summed E-state index contributed by atoms with van der Waals surface area (Å²) in [6.07, 6.45) is 0.781. The number of hydrazine groups is 1. The van der Waals surface area contributed by atoms with Gasteiger partial charge < -0.3 is 9.64 Å². The molecule has 2 atom stereocenters. The first-order valence-electron chi connectivity index (χ1n) is 7.22. The van der Waals surface area contributed by atoms with E-state index in [9.17, 15) is 0 Å². The average Bonchev–Trinajstić information content (AvgIpc) is 2.47. The van der Waals surface area contributed by atoms with E-state index in [1.54, 1.807) is 7.11 Å². The molecule has 21 heavy (non-hydrogen) atoms. The second kappa shape index (κ2) is 7.42. The van der Waals surface area contributed by atoms with Crippen LogP contribution in [-0.4, -0.2) is 62.7 Å². The Morgan fingerprint density at radius 1 is 1.43 bits per heavy atom. The van der Waals surface area contributed by atoms with E-state index >= 15 is 0 Å². The van der Waals surface area contributed by atoms with Crippen LogP contribution < -0.4 is 16.0 Å². The number of ether oxygens (including phenoxy) is 1. The average molecular weight is 313 g/mol. The van der Waals surface area contributed by atoms with Crippen molar-refractivity contribution in [3.8, 4) is 5.75 Å². The maximum absolute atomic E-state index is 6.11. The minimum atomic E-state index is 0.144. The van der Waals surface area contributed by atoms with Crippen molar-refractivity contribution in [1.82, 2.24) is 15.2 Å². The van der Waals surface area contributed by atoms with Crippen LogP contribution in [0.25, 0.3) is 0 Å². The van der Waals surface area contributed by atoms with Gasteiger partial charge in [0, 0.05) is 36.7 Å². The molecule has 1 aliphatic heterocycles. The molecule has 1 heterocycles. The van der Waals surface area contributed by atoms with Crippen molar-refractivity contribution in [1.29, 1.82) is 0 Å². The third kappa shape index (κ3) is 4.08. The Hall–Kier alpha value is -0.850. The summed E-state index contributed by atoms with van der Waals surface area (Å²) in [5.41, 5.74) is 4.05. The highest BCUT2D eigenvalue weighted by molar-refractivity contribution is 6.30. The van der Waals surface area contributed by atoms with Crippen LogP contribution in [0, 0.1) is 0 Å². The van der Waals surface area contributed by atoms with Gasteiger partial charge in [0.05, 0.1) is 7.11 Å². The van der Waals surface area contributed by atoms with Gasteiger partial charge >= 0.3 is 0 Å². The predicted octanol–water partition coefficient (Wildman–Crippen LogP) is 0.969. The summed E-state index contributed by atoms with van der Waals surface area (Å²) in [4.78, 5) is 4.70. The van der Waals surface area contributed by atoms with Crippen molar-refractivity contribution in [3.63, 3.8) is 0 Å². The number of hydrogen-bond donors (Lipinski definition) is 2. The molecule has 0 radical (unpaired) electrons. The first kappa shape index (κ1) is 16.5. The summed E-state index contributed by atoms with van der Waals surface area (Å²) in [5, 5.41) is 0.718. The Labute approximate surface area is 132 Å². The molecule has 0 aromatic heterocycles. The van der Waals surface area contributed by atoms with Gasteiger partial charge in [-0.05, 0) is 44.3 Å². The predicted molar refractivity (Wildman–Crippen MR) is 86.7 cm³/mol. The molecule has 0 saturated carbocycles. The van der Waals surface area contributed by atoms with Crippen LogP contribution in [0.2, 0.25) is 5.02 Å². The van der Waals surface area contributed by atoms with Gasteiger partial charge in [0.1, 0.15) is 5.75 Å². The molecule has 2 unspecified atom stereocenters. The van der Waals surface area contributed by atoms with Gasteiger partial charge in [0.15, 0.2) is 0 Å². The molecule has 6 heteroatoms. The topological polar surface area (TPSA) is 53.8 Å². The van der Waals surface area contributed by atoms with Crippen molar-refractivity contribution in [2.75, 3.05) is 40.8 Å². The number of rotatable bonds is 5. The van der Waals surface area contributed by atoms with Crippen LogP contribution in [0.1, 0.15) is 5.56 Å². The number of nitrogens with one attached hydrogen (secondary N) is 1. The number of nitrogens with two attached hydrogens (primary N) is 1.